The monoisotopic (exact) mass is 385 g/mol. The molecule has 0 saturated heterocycles. The minimum atomic E-state index is -4.50. The number of halogens is 4. The second-order valence-electron chi connectivity index (χ2n) is 5.10. The lowest BCUT2D eigenvalue weighted by molar-refractivity contribution is -0.138. The van der Waals surface area contributed by atoms with E-state index < -0.39 is 23.8 Å². The molecule has 0 fully saturated rings. The number of hydrogen-bond donors (Lipinski definition) is 1. The van der Waals surface area contributed by atoms with Crippen molar-refractivity contribution >= 4 is 27.5 Å². The van der Waals surface area contributed by atoms with Crippen molar-refractivity contribution in [3.63, 3.8) is 0 Å². The highest BCUT2D eigenvalue weighted by Gasteiger charge is 2.34. The first-order chi connectivity index (χ1) is 10.8. The average molecular weight is 386 g/mol. The Bertz CT molecular complexity index is 736. The Labute approximate surface area is 138 Å². The number of amides is 1. The quantitative estimate of drug-likeness (QED) is 0.831. The zero-order chi connectivity index (χ0) is 16.6. The lowest BCUT2D eigenvalue weighted by atomic mass is 10.1. The number of alkyl halides is 3. The van der Waals surface area contributed by atoms with Crippen LogP contribution in [0.5, 0.6) is 5.75 Å². The molecule has 0 bridgehead atoms. The Morgan fingerprint density at radius 3 is 2.65 bits per heavy atom. The van der Waals surface area contributed by atoms with Gasteiger partial charge in [0.25, 0.3) is 5.91 Å². The minimum absolute atomic E-state index is 0.0741. The van der Waals surface area contributed by atoms with E-state index in [1.54, 1.807) is 12.1 Å². The number of rotatable bonds is 2. The first-order valence-corrected chi connectivity index (χ1v) is 7.56. The summed E-state index contributed by atoms with van der Waals surface area (Å²) < 4.78 is 44.1. The maximum absolute atomic E-state index is 12.9. The van der Waals surface area contributed by atoms with Gasteiger partial charge < -0.3 is 10.1 Å². The average Bonchev–Trinajstić information content (AvgIpc) is 2.92. The molecule has 1 aliphatic rings. The van der Waals surface area contributed by atoms with Gasteiger partial charge in [-0.15, -0.1) is 0 Å². The van der Waals surface area contributed by atoms with Gasteiger partial charge in [0, 0.05) is 16.6 Å². The molecule has 1 atom stereocenters. The second kappa shape index (κ2) is 5.88. The molecule has 120 valence electrons. The standard InChI is InChI=1S/C16H11BrF3NO2/c17-12-6-5-10(8-11(12)16(18,19)20)21-15(22)14-7-9-3-1-2-4-13(9)23-14/h1-6,8,14H,7H2,(H,21,22). The smallest absolute Gasteiger partial charge is 0.417 e. The van der Waals surface area contributed by atoms with E-state index >= 15 is 0 Å². The molecule has 1 amide bonds. The summed E-state index contributed by atoms with van der Waals surface area (Å²) in [7, 11) is 0. The Balaban J connectivity index is 1.75. The third kappa shape index (κ3) is 3.34. The molecule has 0 spiro atoms. The van der Waals surface area contributed by atoms with E-state index in [4.69, 9.17) is 4.74 Å². The molecular formula is C16H11BrF3NO2. The van der Waals surface area contributed by atoms with Crippen molar-refractivity contribution in [2.24, 2.45) is 0 Å². The largest absolute Gasteiger partial charge is 0.480 e. The van der Waals surface area contributed by atoms with E-state index in [1.807, 2.05) is 12.1 Å². The molecule has 2 aromatic carbocycles. The van der Waals surface area contributed by atoms with Gasteiger partial charge in [0.2, 0.25) is 0 Å². The Kier molecular flexibility index (Phi) is 4.06. The van der Waals surface area contributed by atoms with Gasteiger partial charge in [-0.1, -0.05) is 34.1 Å². The zero-order valence-corrected chi connectivity index (χ0v) is 13.2. The van der Waals surface area contributed by atoms with Crippen molar-refractivity contribution in [1.29, 1.82) is 0 Å². The number of carbonyl (C=O) groups is 1. The van der Waals surface area contributed by atoms with Gasteiger partial charge in [0.15, 0.2) is 6.10 Å². The number of carbonyl (C=O) groups excluding carboxylic acids is 1. The summed E-state index contributed by atoms with van der Waals surface area (Å²) in [6.45, 7) is 0. The van der Waals surface area contributed by atoms with Gasteiger partial charge in [0.05, 0.1) is 5.56 Å². The molecule has 1 unspecified atom stereocenters. The Hall–Kier alpha value is -2.02. The van der Waals surface area contributed by atoms with Crippen LogP contribution in [0, 0.1) is 0 Å². The fraction of sp³-hybridized carbons (Fsp3) is 0.188. The zero-order valence-electron chi connectivity index (χ0n) is 11.7. The maximum Gasteiger partial charge on any atom is 0.417 e. The highest BCUT2D eigenvalue weighted by Crippen LogP contribution is 2.36. The number of nitrogens with one attached hydrogen (secondary N) is 1. The normalized spacial score (nSPS) is 16.6. The number of ether oxygens (including phenoxy) is 1. The van der Waals surface area contributed by atoms with Crippen molar-refractivity contribution in [3.8, 4) is 5.75 Å². The van der Waals surface area contributed by atoms with Crippen LogP contribution in [0.25, 0.3) is 0 Å². The third-order valence-electron chi connectivity index (χ3n) is 3.48. The Morgan fingerprint density at radius 1 is 1.22 bits per heavy atom. The highest BCUT2D eigenvalue weighted by atomic mass is 79.9. The molecule has 0 aromatic heterocycles. The number of para-hydroxylation sites is 1. The van der Waals surface area contributed by atoms with Crippen LogP contribution in [-0.4, -0.2) is 12.0 Å². The van der Waals surface area contributed by atoms with Gasteiger partial charge in [-0.2, -0.15) is 13.2 Å². The van der Waals surface area contributed by atoms with Crippen LogP contribution in [0.3, 0.4) is 0 Å². The number of hydrogen-bond acceptors (Lipinski definition) is 2. The molecular weight excluding hydrogens is 375 g/mol. The number of anilines is 1. The lowest BCUT2D eigenvalue weighted by Crippen LogP contribution is -2.31. The summed E-state index contributed by atoms with van der Waals surface area (Å²) in [6.07, 6.45) is -4.85. The molecule has 1 aliphatic heterocycles. The molecule has 2 aromatic rings. The van der Waals surface area contributed by atoms with E-state index in [1.165, 1.54) is 12.1 Å². The van der Waals surface area contributed by atoms with Crippen LogP contribution in [-0.2, 0) is 17.4 Å². The van der Waals surface area contributed by atoms with Crippen molar-refractivity contribution in [3.05, 3.63) is 58.1 Å². The second-order valence-corrected chi connectivity index (χ2v) is 5.95. The number of fused-ring (bicyclic) bond motifs is 1. The van der Waals surface area contributed by atoms with Crippen molar-refractivity contribution < 1.29 is 22.7 Å². The molecule has 1 heterocycles. The predicted molar refractivity (Wildman–Crippen MR) is 82.3 cm³/mol. The van der Waals surface area contributed by atoms with E-state index in [2.05, 4.69) is 21.2 Å². The third-order valence-corrected chi connectivity index (χ3v) is 4.17. The van der Waals surface area contributed by atoms with Gasteiger partial charge in [0.1, 0.15) is 5.75 Å². The van der Waals surface area contributed by atoms with Gasteiger partial charge >= 0.3 is 6.18 Å². The minimum Gasteiger partial charge on any atom is -0.480 e. The summed E-state index contributed by atoms with van der Waals surface area (Å²) >= 11 is 2.86. The van der Waals surface area contributed by atoms with E-state index in [-0.39, 0.29) is 10.2 Å². The van der Waals surface area contributed by atoms with Crippen molar-refractivity contribution in [1.82, 2.24) is 0 Å². The fourth-order valence-corrected chi connectivity index (χ4v) is 2.84. The summed E-state index contributed by atoms with van der Waals surface area (Å²) in [5.41, 5.74) is 0.135. The first kappa shape index (κ1) is 15.9. The summed E-state index contributed by atoms with van der Waals surface area (Å²) in [6, 6.07) is 10.8. The summed E-state index contributed by atoms with van der Waals surface area (Å²) in [5, 5.41) is 2.47. The predicted octanol–water partition coefficient (Wildman–Crippen LogP) is 4.41. The van der Waals surface area contributed by atoms with Crippen molar-refractivity contribution in [2.45, 2.75) is 18.7 Å². The SMILES string of the molecule is O=C(Nc1ccc(Br)c(C(F)(F)F)c1)C1Cc2ccccc2O1. The summed E-state index contributed by atoms with van der Waals surface area (Å²) in [4.78, 5) is 12.2. The molecule has 0 saturated carbocycles. The highest BCUT2D eigenvalue weighted by molar-refractivity contribution is 9.10. The van der Waals surface area contributed by atoms with E-state index in [0.717, 1.165) is 11.6 Å². The van der Waals surface area contributed by atoms with Crippen molar-refractivity contribution in [2.75, 3.05) is 5.32 Å². The fourth-order valence-electron chi connectivity index (χ4n) is 2.37. The van der Waals surface area contributed by atoms with Crippen LogP contribution in [0.4, 0.5) is 18.9 Å². The van der Waals surface area contributed by atoms with E-state index in [0.29, 0.717) is 12.2 Å². The maximum atomic E-state index is 12.9. The first-order valence-electron chi connectivity index (χ1n) is 6.77. The van der Waals surface area contributed by atoms with Crippen LogP contribution in [0.1, 0.15) is 11.1 Å². The summed E-state index contributed by atoms with van der Waals surface area (Å²) in [5.74, 6) is 0.149. The van der Waals surface area contributed by atoms with Gasteiger partial charge in [-0.05, 0) is 29.8 Å². The molecule has 0 radical (unpaired) electrons. The number of benzene rings is 2. The van der Waals surface area contributed by atoms with Crippen LogP contribution in [0.15, 0.2) is 46.9 Å². The Morgan fingerprint density at radius 2 is 1.96 bits per heavy atom. The van der Waals surface area contributed by atoms with Crippen LogP contribution < -0.4 is 10.1 Å². The van der Waals surface area contributed by atoms with Gasteiger partial charge in [-0.3, -0.25) is 4.79 Å². The van der Waals surface area contributed by atoms with Crippen LogP contribution >= 0.6 is 15.9 Å². The molecule has 0 aliphatic carbocycles. The van der Waals surface area contributed by atoms with Gasteiger partial charge in [-0.25, -0.2) is 0 Å². The van der Waals surface area contributed by atoms with Crippen LogP contribution in [0.2, 0.25) is 0 Å². The molecule has 3 nitrogen and oxygen atoms in total. The molecule has 23 heavy (non-hydrogen) atoms. The topological polar surface area (TPSA) is 38.3 Å². The molecule has 7 heteroatoms. The molecule has 1 N–H and O–H groups in total. The lowest BCUT2D eigenvalue weighted by Gasteiger charge is -2.14. The molecule has 3 rings (SSSR count). The van der Waals surface area contributed by atoms with E-state index in [9.17, 15) is 18.0 Å².